The van der Waals surface area contributed by atoms with Crippen LogP contribution >= 0.6 is 0 Å². The summed E-state index contributed by atoms with van der Waals surface area (Å²) in [5.41, 5.74) is 3.10. The first-order valence-electron chi connectivity index (χ1n) is 8.42. The van der Waals surface area contributed by atoms with Gasteiger partial charge in [0.15, 0.2) is 0 Å². The van der Waals surface area contributed by atoms with E-state index in [2.05, 4.69) is 10.3 Å². The van der Waals surface area contributed by atoms with E-state index in [4.69, 9.17) is 9.47 Å². The summed E-state index contributed by atoms with van der Waals surface area (Å²) < 4.78 is 10.4. The van der Waals surface area contributed by atoms with Crippen molar-refractivity contribution in [1.82, 2.24) is 10.3 Å². The molecule has 0 aliphatic heterocycles. The highest BCUT2D eigenvalue weighted by atomic mass is 16.5. The first kappa shape index (κ1) is 17.7. The summed E-state index contributed by atoms with van der Waals surface area (Å²) in [6, 6.07) is 15.0. The van der Waals surface area contributed by atoms with Gasteiger partial charge >= 0.3 is 0 Å². The number of hydrogen-bond acceptors (Lipinski definition) is 4. The van der Waals surface area contributed by atoms with Gasteiger partial charge in [-0.1, -0.05) is 12.1 Å². The van der Waals surface area contributed by atoms with Gasteiger partial charge in [-0.05, 0) is 55.8 Å². The van der Waals surface area contributed by atoms with Crippen LogP contribution in [0.4, 0.5) is 0 Å². The van der Waals surface area contributed by atoms with Crippen molar-refractivity contribution < 1.29 is 14.3 Å². The van der Waals surface area contributed by atoms with Crippen molar-refractivity contribution in [2.75, 3.05) is 14.2 Å². The lowest BCUT2D eigenvalue weighted by Gasteiger charge is -2.16. The number of carbonyl (C=O) groups excluding carboxylic acids is 1. The molecular weight excluding hydrogens is 328 g/mol. The third-order valence-corrected chi connectivity index (χ3v) is 4.42. The van der Waals surface area contributed by atoms with Crippen LogP contribution in [0.1, 0.15) is 34.6 Å². The SMILES string of the molecule is COc1ccc([C@H](C)NC(=O)c2cc3cc(OC)ccc3nc2C)cc1. The number of carbonyl (C=O) groups is 1. The van der Waals surface area contributed by atoms with Gasteiger partial charge in [-0.15, -0.1) is 0 Å². The van der Waals surface area contributed by atoms with Crippen LogP contribution in [0.25, 0.3) is 10.9 Å². The number of pyridine rings is 1. The minimum absolute atomic E-state index is 0.131. The van der Waals surface area contributed by atoms with E-state index >= 15 is 0 Å². The van der Waals surface area contributed by atoms with Crippen LogP contribution in [0, 0.1) is 6.92 Å². The van der Waals surface area contributed by atoms with E-state index in [1.165, 1.54) is 0 Å². The topological polar surface area (TPSA) is 60.5 Å². The van der Waals surface area contributed by atoms with Gasteiger partial charge in [0.05, 0.1) is 37.0 Å². The van der Waals surface area contributed by atoms with Gasteiger partial charge in [0.2, 0.25) is 0 Å². The number of hydrogen-bond donors (Lipinski definition) is 1. The number of amides is 1. The minimum Gasteiger partial charge on any atom is -0.497 e. The molecule has 1 atom stereocenters. The number of nitrogens with zero attached hydrogens (tertiary/aromatic N) is 1. The van der Waals surface area contributed by atoms with Crippen LogP contribution in [-0.2, 0) is 0 Å². The van der Waals surface area contributed by atoms with Gasteiger partial charge in [0.25, 0.3) is 5.91 Å². The maximum absolute atomic E-state index is 12.8. The van der Waals surface area contributed by atoms with Crippen LogP contribution in [0.3, 0.4) is 0 Å². The molecule has 0 aliphatic carbocycles. The lowest BCUT2D eigenvalue weighted by Crippen LogP contribution is -2.27. The molecule has 0 saturated carbocycles. The Hall–Kier alpha value is -3.08. The molecule has 1 heterocycles. The van der Waals surface area contributed by atoms with Gasteiger partial charge in [-0.3, -0.25) is 9.78 Å². The van der Waals surface area contributed by atoms with Crippen LogP contribution in [-0.4, -0.2) is 25.1 Å². The second kappa shape index (κ2) is 7.44. The molecule has 5 heteroatoms. The molecule has 1 amide bonds. The third kappa shape index (κ3) is 3.61. The molecule has 0 bridgehead atoms. The zero-order chi connectivity index (χ0) is 18.7. The molecule has 1 aromatic heterocycles. The molecule has 0 unspecified atom stereocenters. The molecular formula is C21H22N2O3. The highest BCUT2D eigenvalue weighted by Crippen LogP contribution is 2.23. The van der Waals surface area contributed by atoms with Gasteiger partial charge < -0.3 is 14.8 Å². The summed E-state index contributed by atoms with van der Waals surface area (Å²) in [6.45, 7) is 3.79. The molecule has 0 aliphatic rings. The Balaban J connectivity index is 1.84. The largest absolute Gasteiger partial charge is 0.497 e. The van der Waals surface area contributed by atoms with E-state index in [9.17, 15) is 4.79 Å². The number of ether oxygens (including phenoxy) is 2. The van der Waals surface area contributed by atoms with Crippen molar-refractivity contribution in [2.24, 2.45) is 0 Å². The van der Waals surface area contributed by atoms with Crippen LogP contribution in [0.2, 0.25) is 0 Å². The molecule has 0 saturated heterocycles. The van der Waals surface area contributed by atoms with Gasteiger partial charge in [-0.25, -0.2) is 0 Å². The molecule has 1 N–H and O–H groups in total. The Bertz CT molecular complexity index is 936. The monoisotopic (exact) mass is 350 g/mol. The summed E-state index contributed by atoms with van der Waals surface area (Å²) in [5.74, 6) is 1.37. The predicted octanol–water partition coefficient (Wildman–Crippen LogP) is 4.05. The van der Waals surface area contributed by atoms with Crippen molar-refractivity contribution in [1.29, 1.82) is 0 Å². The summed E-state index contributed by atoms with van der Waals surface area (Å²) in [5, 5.41) is 3.91. The minimum atomic E-state index is -0.150. The molecule has 2 aromatic carbocycles. The Labute approximate surface area is 153 Å². The zero-order valence-corrected chi connectivity index (χ0v) is 15.4. The highest BCUT2D eigenvalue weighted by molar-refractivity contribution is 5.99. The number of nitrogens with one attached hydrogen (secondary N) is 1. The number of aromatic nitrogens is 1. The van der Waals surface area contributed by atoms with Crippen molar-refractivity contribution in [3.63, 3.8) is 0 Å². The highest BCUT2D eigenvalue weighted by Gasteiger charge is 2.15. The van der Waals surface area contributed by atoms with E-state index in [1.54, 1.807) is 14.2 Å². The fraction of sp³-hybridized carbons (Fsp3) is 0.238. The fourth-order valence-corrected chi connectivity index (χ4v) is 2.86. The maximum Gasteiger partial charge on any atom is 0.253 e. The van der Waals surface area contributed by atoms with E-state index in [1.807, 2.05) is 62.4 Å². The van der Waals surface area contributed by atoms with E-state index in [-0.39, 0.29) is 11.9 Å². The van der Waals surface area contributed by atoms with Crippen molar-refractivity contribution >= 4 is 16.8 Å². The van der Waals surface area contributed by atoms with Crippen molar-refractivity contribution in [2.45, 2.75) is 19.9 Å². The molecule has 3 aromatic rings. The number of benzene rings is 2. The van der Waals surface area contributed by atoms with Crippen LogP contribution in [0.15, 0.2) is 48.5 Å². The normalized spacial score (nSPS) is 11.8. The molecule has 3 rings (SSSR count). The average molecular weight is 350 g/mol. The lowest BCUT2D eigenvalue weighted by molar-refractivity contribution is 0.0939. The standard InChI is InChI=1S/C21H22N2O3/c1-13(15-5-7-17(25-3)8-6-15)23-21(24)19-12-16-11-18(26-4)9-10-20(16)22-14(19)2/h5-13H,1-4H3,(H,23,24)/t13-/m0/s1. The van der Waals surface area contributed by atoms with Crippen LogP contribution in [0.5, 0.6) is 11.5 Å². The molecule has 0 fully saturated rings. The average Bonchev–Trinajstić information content (AvgIpc) is 2.67. The van der Waals surface area contributed by atoms with Crippen LogP contribution < -0.4 is 14.8 Å². The quantitative estimate of drug-likeness (QED) is 0.754. The first-order chi connectivity index (χ1) is 12.5. The summed E-state index contributed by atoms with van der Waals surface area (Å²) in [6.07, 6.45) is 0. The van der Waals surface area contributed by atoms with E-state index in [0.29, 0.717) is 11.3 Å². The molecule has 134 valence electrons. The van der Waals surface area contributed by atoms with Gasteiger partial charge in [-0.2, -0.15) is 0 Å². The molecule has 26 heavy (non-hydrogen) atoms. The third-order valence-electron chi connectivity index (χ3n) is 4.42. The Morgan fingerprint density at radius 3 is 2.31 bits per heavy atom. The van der Waals surface area contributed by atoms with E-state index < -0.39 is 0 Å². The van der Waals surface area contributed by atoms with Gasteiger partial charge in [0.1, 0.15) is 11.5 Å². The fourth-order valence-electron chi connectivity index (χ4n) is 2.86. The predicted molar refractivity (Wildman–Crippen MR) is 102 cm³/mol. The Morgan fingerprint density at radius 2 is 1.65 bits per heavy atom. The zero-order valence-electron chi connectivity index (χ0n) is 15.4. The molecule has 5 nitrogen and oxygen atoms in total. The van der Waals surface area contributed by atoms with Crippen molar-refractivity contribution in [3.05, 3.63) is 65.4 Å². The molecule has 0 spiro atoms. The number of rotatable bonds is 5. The van der Waals surface area contributed by atoms with E-state index in [0.717, 1.165) is 28.0 Å². The first-order valence-corrected chi connectivity index (χ1v) is 8.42. The number of methoxy groups -OCH3 is 2. The Kier molecular flexibility index (Phi) is 5.07. The van der Waals surface area contributed by atoms with Crippen molar-refractivity contribution in [3.8, 4) is 11.5 Å². The maximum atomic E-state index is 12.8. The second-order valence-corrected chi connectivity index (χ2v) is 6.15. The summed E-state index contributed by atoms with van der Waals surface area (Å²) in [7, 11) is 3.25. The summed E-state index contributed by atoms with van der Waals surface area (Å²) >= 11 is 0. The Morgan fingerprint density at radius 1 is 1.00 bits per heavy atom. The summed E-state index contributed by atoms with van der Waals surface area (Å²) in [4.78, 5) is 17.3. The number of fused-ring (bicyclic) bond motifs is 1. The smallest absolute Gasteiger partial charge is 0.253 e. The number of aryl methyl sites for hydroxylation is 1. The lowest BCUT2D eigenvalue weighted by atomic mass is 10.1. The van der Waals surface area contributed by atoms with Gasteiger partial charge in [0, 0.05) is 5.39 Å². The second-order valence-electron chi connectivity index (χ2n) is 6.15. The molecule has 0 radical (unpaired) electrons.